The SMILES string of the molecule is FC(F)n1c(CSc2ccccc2Cl)nc2ccccc21. The number of imidazole rings is 1. The summed E-state index contributed by atoms with van der Waals surface area (Å²) in [4.78, 5) is 5.15. The largest absolute Gasteiger partial charge is 0.320 e. The molecule has 108 valence electrons. The van der Waals surface area contributed by atoms with Crippen LogP contribution in [0, 0.1) is 0 Å². The molecular formula is C15H11ClF2N2S. The van der Waals surface area contributed by atoms with Crippen LogP contribution in [0.25, 0.3) is 11.0 Å². The third-order valence-corrected chi connectivity index (χ3v) is 4.57. The molecule has 0 unspecified atom stereocenters. The summed E-state index contributed by atoms with van der Waals surface area (Å²) in [5.41, 5.74) is 1.02. The number of hydrogen-bond acceptors (Lipinski definition) is 2. The molecule has 1 aromatic heterocycles. The normalized spacial score (nSPS) is 11.4. The number of alkyl halides is 2. The minimum atomic E-state index is -2.61. The summed E-state index contributed by atoms with van der Waals surface area (Å²) in [6, 6.07) is 14.2. The van der Waals surface area contributed by atoms with Crippen molar-refractivity contribution >= 4 is 34.4 Å². The summed E-state index contributed by atoms with van der Waals surface area (Å²) in [7, 11) is 0. The number of nitrogens with zero attached hydrogens (tertiary/aromatic N) is 2. The van der Waals surface area contributed by atoms with Crippen molar-refractivity contribution in [3.05, 3.63) is 59.4 Å². The molecule has 0 spiro atoms. The Labute approximate surface area is 129 Å². The smallest absolute Gasteiger partial charge is 0.269 e. The average Bonchev–Trinajstić information content (AvgIpc) is 2.85. The van der Waals surface area contributed by atoms with Crippen molar-refractivity contribution < 1.29 is 8.78 Å². The van der Waals surface area contributed by atoms with Gasteiger partial charge >= 0.3 is 6.55 Å². The Hall–Kier alpha value is -1.59. The molecule has 0 saturated heterocycles. The number of para-hydroxylation sites is 2. The van der Waals surface area contributed by atoms with Crippen LogP contribution in [0.3, 0.4) is 0 Å². The van der Waals surface area contributed by atoms with Crippen LogP contribution in [0.4, 0.5) is 8.78 Å². The number of halogens is 3. The highest BCUT2D eigenvalue weighted by Gasteiger charge is 2.17. The number of fused-ring (bicyclic) bond motifs is 1. The Bertz CT molecular complexity index is 773. The van der Waals surface area contributed by atoms with Gasteiger partial charge in [-0.1, -0.05) is 35.9 Å². The van der Waals surface area contributed by atoms with Crippen molar-refractivity contribution in [3.63, 3.8) is 0 Å². The first kappa shape index (κ1) is 14.4. The van der Waals surface area contributed by atoms with Crippen molar-refractivity contribution in [2.45, 2.75) is 17.2 Å². The first-order valence-corrected chi connectivity index (χ1v) is 7.64. The van der Waals surface area contributed by atoms with Crippen molar-refractivity contribution in [3.8, 4) is 0 Å². The zero-order valence-electron chi connectivity index (χ0n) is 10.8. The Morgan fingerprint density at radius 2 is 1.81 bits per heavy atom. The maximum Gasteiger partial charge on any atom is 0.320 e. The fraction of sp³-hybridized carbons (Fsp3) is 0.133. The minimum absolute atomic E-state index is 0.336. The average molecular weight is 325 g/mol. The van der Waals surface area contributed by atoms with Gasteiger partial charge in [-0.05, 0) is 24.3 Å². The molecule has 0 bridgehead atoms. The molecule has 6 heteroatoms. The molecule has 0 aliphatic carbocycles. The lowest BCUT2D eigenvalue weighted by molar-refractivity contribution is 0.0722. The van der Waals surface area contributed by atoms with E-state index < -0.39 is 6.55 Å². The van der Waals surface area contributed by atoms with Crippen LogP contribution < -0.4 is 0 Å². The van der Waals surface area contributed by atoms with Gasteiger partial charge < -0.3 is 0 Å². The molecule has 0 fully saturated rings. The zero-order valence-corrected chi connectivity index (χ0v) is 12.4. The van der Waals surface area contributed by atoms with E-state index in [4.69, 9.17) is 11.6 Å². The quantitative estimate of drug-likeness (QED) is 0.600. The third kappa shape index (κ3) is 2.89. The molecule has 0 aliphatic heterocycles. The van der Waals surface area contributed by atoms with Crippen LogP contribution in [-0.2, 0) is 5.75 Å². The second-order valence-corrected chi connectivity index (χ2v) is 5.81. The molecule has 0 aliphatic rings. The van der Waals surface area contributed by atoms with Gasteiger partial charge in [0.25, 0.3) is 0 Å². The van der Waals surface area contributed by atoms with Crippen LogP contribution in [0.1, 0.15) is 12.4 Å². The Morgan fingerprint density at radius 1 is 1.10 bits per heavy atom. The van der Waals surface area contributed by atoms with Crippen molar-refractivity contribution in [1.29, 1.82) is 0 Å². The van der Waals surface area contributed by atoms with E-state index in [1.165, 1.54) is 11.8 Å². The molecule has 21 heavy (non-hydrogen) atoms. The maximum atomic E-state index is 13.3. The van der Waals surface area contributed by atoms with Crippen molar-refractivity contribution in [2.75, 3.05) is 0 Å². The van der Waals surface area contributed by atoms with Gasteiger partial charge in [0, 0.05) is 4.90 Å². The molecular weight excluding hydrogens is 314 g/mol. The first-order valence-electron chi connectivity index (χ1n) is 6.28. The van der Waals surface area contributed by atoms with Crippen LogP contribution in [0.2, 0.25) is 5.02 Å². The van der Waals surface area contributed by atoms with Crippen LogP contribution in [0.15, 0.2) is 53.4 Å². The lowest BCUT2D eigenvalue weighted by Crippen LogP contribution is -2.03. The van der Waals surface area contributed by atoms with Gasteiger partial charge in [-0.3, -0.25) is 4.57 Å². The van der Waals surface area contributed by atoms with Gasteiger partial charge in [0.15, 0.2) is 0 Å². The fourth-order valence-electron chi connectivity index (χ4n) is 2.12. The first-order chi connectivity index (χ1) is 10.2. The second-order valence-electron chi connectivity index (χ2n) is 4.38. The molecule has 1 heterocycles. The summed E-state index contributed by atoms with van der Waals surface area (Å²) in [5, 5.41) is 0.613. The highest BCUT2D eigenvalue weighted by Crippen LogP contribution is 2.31. The van der Waals surface area contributed by atoms with Gasteiger partial charge in [-0.25, -0.2) is 4.98 Å². The fourth-order valence-corrected chi connectivity index (χ4v) is 3.29. The summed E-state index contributed by atoms with van der Waals surface area (Å²) in [5.74, 6) is 0.680. The predicted octanol–water partition coefficient (Wildman–Crippen LogP) is 5.38. The van der Waals surface area contributed by atoms with Crippen LogP contribution >= 0.6 is 23.4 Å². The Morgan fingerprint density at radius 3 is 2.57 bits per heavy atom. The monoisotopic (exact) mass is 324 g/mol. The summed E-state index contributed by atoms with van der Waals surface area (Å²) >= 11 is 7.47. The van der Waals surface area contributed by atoms with E-state index in [0.717, 1.165) is 9.46 Å². The molecule has 0 atom stereocenters. The number of thioether (sulfide) groups is 1. The molecule has 0 radical (unpaired) electrons. The van der Waals surface area contributed by atoms with E-state index in [2.05, 4.69) is 4.98 Å². The number of benzene rings is 2. The van der Waals surface area contributed by atoms with E-state index in [1.54, 1.807) is 30.3 Å². The van der Waals surface area contributed by atoms with E-state index in [-0.39, 0.29) is 0 Å². The molecule has 2 aromatic carbocycles. The summed E-state index contributed by atoms with van der Waals surface area (Å²) < 4.78 is 27.5. The van der Waals surface area contributed by atoms with E-state index in [9.17, 15) is 8.78 Å². The minimum Gasteiger partial charge on any atom is -0.269 e. The summed E-state index contributed by atoms with van der Waals surface area (Å²) in [6.45, 7) is -2.61. The Balaban J connectivity index is 1.93. The standard InChI is InChI=1S/C15H11ClF2N2S/c16-10-5-1-4-8-13(10)21-9-14-19-11-6-2-3-7-12(11)20(14)15(17)18/h1-8,15H,9H2. The van der Waals surface area contributed by atoms with Gasteiger partial charge in [-0.2, -0.15) is 8.78 Å². The Kier molecular flexibility index (Phi) is 4.12. The van der Waals surface area contributed by atoms with Gasteiger partial charge in [0.2, 0.25) is 0 Å². The van der Waals surface area contributed by atoms with Crippen molar-refractivity contribution in [1.82, 2.24) is 9.55 Å². The second kappa shape index (κ2) is 6.03. The molecule has 3 rings (SSSR count). The van der Waals surface area contributed by atoms with Gasteiger partial charge in [-0.15, -0.1) is 11.8 Å². The van der Waals surface area contributed by atoms with E-state index in [1.807, 2.05) is 18.2 Å². The van der Waals surface area contributed by atoms with E-state index in [0.29, 0.717) is 27.6 Å². The third-order valence-electron chi connectivity index (χ3n) is 3.06. The van der Waals surface area contributed by atoms with E-state index >= 15 is 0 Å². The predicted molar refractivity (Wildman–Crippen MR) is 82.0 cm³/mol. The number of aromatic nitrogens is 2. The van der Waals surface area contributed by atoms with Crippen LogP contribution in [-0.4, -0.2) is 9.55 Å². The highest BCUT2D eigenvalue weighted by molar-refractivity contribution is 7.98. The lowest BCUT2D eigenvalue weighted by atomic mass is 10.3. The van der Waals surface area contributed by atoms with Gasteiger partial charge in [0.05, 0.1) is 21.8 Å². The lowest BCUT2D eigenvalue weighted by Gasteiger charge is -2.08. The zero-order chi connectivity index (χ0) is 14.8. The van der Waals surface area contributed by atoms with Crippen molar-refractivity contribution in [2.24, 2.45) is 0 Å². The number of hydrogen-bond donors (Lipinski definition) is 0. The van der Waals surface area contributed by atoms with Crippen LogP contribution in [0.5, 0.6) is 0 Å². The molecule has 3 aromatic rings. The summed E-state index contributed by atoms with van der Waals surface area (Å²) in [6.07, 6.45) is 0. The number of rotatable bonds is 4. The molecule has 0 amide bonds. The molecule has 2 nitrogen and oxygen atoms in total. The maximum absolute atomic E-state index is 13.3. The van der Waals surface area contributed by atoms with Gasteiger partial charge in [0.1, 0.15) is 5.82 Å². The molecule has 0 saturated carbocycles. The topological polar surface area (TPSA) is 17.8 Å². The highest BCUT2D eigenvalue weighted by atomic mass is 35.5. The molecule has 0 N–H and O–H groups in total.